The lowest BCUT2D eigenvalue weighted by atomic mass is 10.1. The Kier molecular flexibility index (Phi) is 5.16. The molecule has 26 heavy (non-hydrogen) atoms. The van der Waals surface area contributed by atoms with Crippen LogP contribution >= 0.6 is 0 Å². The first-order valence-corrected chi connectivity index (χ1v) is 8.62. The number of aryl methyl sites for hydroxylation is 1. The van der Waals surface area contributed by atoms with Crippen molar-refractivity contribution in [3.63, 3.8) is 0 Å². The number of hydrogen-bond donors (Lipinski definition) is 0. The van der Waals surface area contributed by atoms with Gasteiger partial charge in [-0.25, -0.2) is 4.68 Å². The van der Waals surface area contributed by atoms with Crippen molar-refractivity contribution < 1.29 is 9.59 Å². The molecule has 0 saturated carbocycles. The SMILES string of the molecule is CC(=O)N1CCN(C(=O)Cn2nc(-c3ccc(C)cc3)ccc2=O)CC1. The van der Waals surface area contributed by atoms with Gasteiger partial charge in [-0.1, -0.05) is 29.8 Å². The van der Waals surface area contributed by atoms with Gasteiger partial charge in [-0.2, -0.15) is 5.10 Å². The van der Waals surface area contributed by atoms with Crippen LogP contribution in [0.4, 0.5) is 0 Å². The smallest absolute Gasteiger partial charge is 0.267 e. The van der Waals surface area contributed by atoms with Gasteiger partial charge in [0.25, 0.3) is 5.56 Å². The van der Waals surface area contributed by atoms with Crippen molar-refractivity contribution in [3.8, 4) is 11.3 Å². The Balaban J connectivity index is 1.72. The number of piperazine rings is 1. The Morgan fingerprint density at radius 2 is 1.58 bits per heavy atom. The van der Waals surface area contributed by atoms with E-state index in [1.165, 1.54) is 17.7 Å². The van der Waals surface area contributed by atoms with Gasteiger partial charge in [-0.05, 0) is 13.0 Å². The summed E-state index contributed by atoms with van der Waals surface area (Å²) in [7, 11) is 0. The van der Waals surface area contributed by atoms with Gasteiger partial charge >= 0.3 is 0 Å². The fourth-order valence-corrected chi connectivity index (χ4v) is 2.94. The summed E-state index contributed by atoms with van der Waals surface area (Å²) < 4.78 is 1.20. The quantitative estimate of drug-likeness (QED) is 0.821. The second-order valence-corrected chi connectivity index (χ2v) is 6.47. The summed E-state index contributed by atoms with van der Waals surface area (Å²) in [6, 6.07) is 10.9. The van der Waals surface area contributed by atoms with E-state index in [-0.39, 0.29) is 23.9 Å². The number of carbonyl (C=O) groups is 2. The first kappa shape index (κ1) is 17.8. The molecule has 7 nitrogen and oxygen atoms in total. The summed E-state index contributed by atoms with van der Waals surface area (Å²) >= 11 is 0. The number of nitrogens with zero attached hydrogens (tertiary/aromatic N) is 4. The highest BCUT2D eigenvalue weighted by Crippen LogP contribution is 2.15. The topological polar surface area (TPSA) is 75.5 Å². The zero-order chi connectivity index (χ0) is 18.7. The minimum atomic E-state index is -0.309. The number of aromatic nitrogens is 2. The van der Waals surface area contributed by atoms with Crippen LogP contribution in [0, 0.1) is 6.92 Å². The average Bonchev–Trinajstić information content (AvgIpc) is 2.64. The molecule has 0 atom stereocenters. The second-order valence-electron chi connectivity index (χ2n) is 6.47. The van der Waals surface area contributed by atoms with E-state index in [4.69, 9.17) is 0 Å². The summed E-state index contributed by atoms with van der Waals surface area (Å²) in [5.41, 5.74) is 2.38. The van der Waals surface area contributed by atoms with Gasteiger partial charge < -0.3 is 9.80 Å². The fraction of sp³-hybridized carbons (Fsp3) is 0.368. The van der Waals surface area contributed by atoms with Crippen molar-refractivity contribution in [2.24, 2.45) is 0 Å². The maximum absolute atomic E-state index is 12.5. The Labute approximate surface area is 151 Å². The molecule has 1 aromatic heterocycles. The van der Waals surface area contributed by atoms with E-state index in [1.807, 2.05) is 31.2 Å². The molecule has 0 unspecified atom stereocenters. The monoisotopic (exact) mass is 354 g/mol. The van der Waals surface area contributed by atoms with E-state index in [9.17, 15) is 14.4 Å². The number of hydrogen-bond acceptors (Lipinski definition) is 4. The average molecular weight is 354 g/mol. The molecule has 2 aromatic rings. The molecule has 1 aliphatic rings. The van der Waals surface area contributed by atoms with E-state index in [0.29, 0.717) is 31.9 Å². The van der Waals surface area contributed by atoms with E-state index in [2.05, 4.69) is 5.10 Å². The molecule has 0 aliphatic carbocycles. The third-order valence-electron chi connectivity index (χ3n) is 4.58. The van der Waals surface area contributed by atoms with Crippen molar-refractivity contribution in [3.05, 3.63) is 52.3 Å². The first-order valence-electron chi connectivity index (χ1n) is 8.62. The predicted octanol–water partition coefficient (Wildman–Crippen LogP) is 0.909. The van der Waals surface area contributed by atoms with Crippen LogP contribution in [0.3, 0.4) is 0 Å². The molecule has 0 N–H and O–H groups in total. The van der Waals surface area contributed by atoms with Crippen LogP contribution in [0.5, 0.6) is 0 Å². The van der Waals surface area contributed by atoms with Crippen LogP contribution in [-0.2, 0) is 16.1 Å². The van der Waals surface area contributed by atoms with E-state index < -0.39 is 0 Å². The van der Waals surface area contributed by atoms with Gasteiger partial charge in [0, 0.05) is 44.7 Å². The fourth-order valence-electron chi connectivity index (χ4n) is 2.94. The van der Waals surface area contributed by atoms with E-state index in [1.54, 1.807) is 15.9 Å². The predicted molar refractivity (Wildman–Crippen MR) is 97.5 cm³/mol. The lowest BCUT2D eigenvalue weighted by molar-refractivity contribution is -0.139. The molecule has 1 aliphatic heterocycles. The molecular weight excluding hydrogens is 332 g/mol. The van der Waals surface area contributed by atoms with Crippen molar-refractivity contribution in [1.82, 2.24) is 19.6 Å². The number of benzene rings is 1. The highest BCUT2D eigenvalue weighted by molar-refractivity contribution is 5.77. The van der Waals surface area contributed by atoms with Gasteiger partial charge in [0.1, 0.15) is 6.54 Å². The number of rotatable bonds is 3. The molecule has 0 spiro atoms. The number of carbonyl (C=O) groups excluding carboxylic acids is 2. The van der Waals surface area contributed by atoms with Crippen molar-refractivity contribution in [1.29, 1.82) is 0 Å². The molecule has 2 heterocycles. The molecule has 2 amide bonds. The summed E-state index contributed by atoms with van der Waals surface area (Å²) in [5, 5.41) is 4.34. The summed E-state index contributed by atoms with van der Waals surface area (Å²) in [6.07, 6.45) is 0. The molecule has 136 valence electrons. The lowest BCUT2D eigenvalue weighted by Gasteiger charge is -2.34. The van der Waals surface area contributed by atoms with Crippen molar-refractivity contribution in [2.75, 3.05) is 26.2 Å². The summed E-state index contributed by atoms with van der Waals surface area (Å²) in [5.74, 6) is -0.148. The minimum absolute atomic E-state index is 0.0146. The zero-order valence-corrected chi connectivity index (χ0v) is 15.0. The molecule has 0 radical (unpaired) electrons. The summed E-state index contributed by atoms with van der Waals surface area (Å²) in [6.45, 7) is 5.42. The molecule has 1 fully saturated rings. The molecule has 3 rings (SSSR count). The van der Waals surface area contributed by atoms with Crippen LogP contribution in [0.15, 0.2) is 41.2 Å². The third-order valence-corrected chi connectivity index (χ3v) is 4.58. The standard InChI is InChI=1S/C19H22N4O3/c1-14-3-5-16(6-4-14)17-7-8-18(25)23(20-17)13-19(26)22-11-9-21(10-12-22)15(2)24/h3-8H,9-13H2,1-2H3. The lowest BCUT2D eigenvalue weighted by Crippen LogP contribution is -2.51. The van der Waals surface area contributed by atoms with Crippen LogP contribution < -0.4 is 5.56 Å². The number of amides is 2. The van der Waals surface area contributed by atoms with Crippen LogP contribution in [0.1, 0.15) is 12.5 Å². The minimum Gasteiger partial charge on any atom is -0.339 e. The van der Waals surface area contributed by atoms with Crippen LogP contribution in [0.25, 0.3) is 11.3 Å². The Morgan fingerprint density at radius 3 is 2.19 bits per heavy atom. The first-order chi connectivity index (χ1) is 12.4. The van der Waals surface area contributed by atoms with Crippen LogP contribution in [-0.4, -0.2) is 57.6 Å². The van der Waals surface area contributed by atoms with Gasteiger partial charge in [-0.15, -0.1) is 0 Å². The molecule has 1 aromatic carbocycles. The Hall–Kier alpha value is -2.96. The third kappa shape index (κ3) is 3.99. The van der Waals surface area contributed by atoms with E-state index in [0.717, 1.165) is 11.1 Å². The largest absolute Gasteiger partial charge is 0.339 e. The summed E-state index contributed by atoms with van der Waals surface area (Å²) in [4.78, 5) is 39.4. The molecular formula is C19H22N4O3. The van der Waals surface area contributed by atoms with Crippen molar-refractivity contribution in [2.45, 2.75) is 20.4 Å². The van der Waals surface area contributed by atoms with Crippen molar-refractivity contribution >= 4 is 11.8 Å². The van der Waals surface area contributed by atoms with Gasteiger partial charge in [0.2, 0.25) is 11.8 Å². The molecule has 1 saturated heterocycles. The Morgan fingerprint density at radius 1 is 0.962 bits per heavy atom. The van der Waals surface area contributed by atoms with Gasteiger partial charge in [0.05, 0.1) is 5.69 Å². The zero-order valence-electron chi connectivity index (χ0n) is 15.0. The maximum atomic E-state index is 12.5. The molecule has 7 heteroatoms. The van der Waals surface area contributed by atoms with E-state index >= 15 is 0 Å². The van der Waals surface area contributed by atoms with Gasteiger partial charge in [-0.3, -0.25) is 14.4 Å². The second kappa shape index (κ2) is 7.51. The van der Waals surface area contributed by atoms with Gasteiger partial charge in [0.15, 0.2) is 0 Å². The Bertz CT molecular complexity index is 865. The highest BCUT2D eigenvalue weighted by Gasteiger charge is 2.22. The van der Waals surface area contributed by atoms with Crippen LogP contribution in [0.2, 0.25) is 0 Å². The maximum Gasteiger partial charge on any atom is 0.267 e. The molecule has 0 bridgehead atoms. The normalized spacial score (nSPS) is 14.4. The highest BCUT2D eigenvalue weighted by atomic mass is 16.2.